The van der Waals surface area contributed by atoms with E-state index in [-0.39, 0.29) is 22.0 Å². The Morgan fingerprint density at radius 3 is 2.90 bits per heavy atom. The SMILES string of the molecule is NC(=S)c1ccnc(SCc2c(F)cccc2[N+](=O)[O-])c1. The lowest BCUT2D eigenvalue weighted by atomic mass is 10.2. The van der Waals surface area contributed by atoms with E-state index in [1.165, 1.54) is 36.2 Å². The molecular weight excluding hydrogens is 313 g/mol. The van der Waals surface area contributed by atoms with Crippen LogP contribution in [0.15, 0.2) is 41.6 Å². The number of aromatic nitrogens is 1. The van der Waals surface area contributed by atoms with Gasteiger partial charge in [0.25, 0.3) is 5.69 Å². The number of hydrogen-bond donors (Lipinski definition) is 1. The smallest absolute Gasteiger partial charge is 0.276 e. The molecular formula is C13H10FN3O2S2. The van der Waals surface area contributed by atoms with Crippen LogP contribution in [0.25, 0.3) is 0 Å². The van der Waals surface area contributed by atoms with E-state index in [1.54, 1.807) is 12.1 Å². The molecule has 0 aliphatic rings. The van der Waals surface area contributed by atoms with Gasteiger partial charge in [-0.25, -0.2) is 9.37 Å². The normalized spacial score (nSPS) is 10.3. The van der Waals surface area contributed by atoms with E-state index >= 15 is 0 Å². The molecule has 21 heavy (non-hydrogen) atoms. The van der Waals surface area contributed by atoms with E-state index in [0.717, 1.165) is 0 Å². The number of halogens is 1. The highest BCUT2D eigenvalue weighted by molar-refractivity contribution is 7.98. The minimum atomic E-state index is -0.609. The molecule has 0 atom stereocenters. The van der Waals surface area contributed by atoms with Crippen LogP contribution < -0.4 is 5.73 Å². The summed E-state index contributed by atoms with van der Waals surface area (Å²) in [5.74, 6) is -0.515. The van der Waals surface area contributed by atoms with Crippen LogP contribution in [0, 0.1) is 15.9 Å². The molecule has 0 bridgehead atoms. The maximum absolute atomic E-state index is 13.7. The van der Waals surface area contributed by atoms with Crippen LogP contribution in [-0.2, 0) is 5.75 Å². The van der Waals surface area contributed by atoms with Gasteiger partial charge in [0, 0.05) is 23.6 Å². The minimum Gasteiger partial charge on any atom is -0.389 e. The van der Waals surface area contributed by atoms with Gasteiger partial charge < -0.3 is 5.73 Å². The van der Waals surface area contributed by atoms with Gasteiger partial charge in [-0.15, -0.1) is 11.8 Å². The fourth-order valence-corrected chi connectivity index (χ4v) is 2.70. The van der Waals surface area contributed by atoms with Crippen LogP contribution in [0.5, 0.6) is 0 Å². The highest BCUT2D eigenvalue weighted by atomic mass is 32.2. The number of nitro groups is 1. The van der Waals surface area contributed by atoms with Crippen molar-refractivity contribution in [3.05, 3.63) is 63.6 Å². The van der Waals surface area contributed by atoms with Crippen molar-refractivity contribution in [2.75, 3.05) is 0 Å². The second-order valence-electron chi connectivity index (χ2n) is 4.03. The summed E-state index contributed by atoms with van der Waals surface area (Å²) in [6.45, 7) is 0. The van der Waals surface area contributed by atoms with Crippen molar-refractivity contribution in [3.63, 3.8) is 0 Å². The number of pyridine rings is 1. The molecule has 0 amide bonds. The van der Waals surface area contributed by atoms with Gasteiger partial charge in [-0.1, -0.05) is 18.3 Å². The Labute approximate surface area is 129 Å². The molecule has 5 nitrogen and oxygen atoms in total. The van der Waals surface area contributed by atoms with Crippen molar-refractivity contribution in [2.45, 2.75) is 10.8 Å². The lowest BCUT2D eigenvalue weighted by Gasteiger charge is -2.05. The summed E-state index contributed by atoms with van der Waals surface area (Å²) in [5.41, 5.74) is 5.96. The zero-order chi connectivity index (χ0) is 15.4. The Morgan fingerprint density at radius 1 is 1.48 bits per heavy atom. The van der Waals surface area contributed by atoms with Gasteiger partial charge in [-0.05, 0) is 18.2 Å². The molecule has 1 aromatic carbocycles. The van der Waals surface area contributed by atoms with Crippen molar-refractivity contribution >= 4 is 34.7 Å². The molecule has 0 saturated carbocycles. The highest BCUT2D eigenvalue weighted by Crippen LogP contribution is 2.29. The van der Waals surface area contributed by atoms with Gasteiger partial charge in [0.2, 0.25) is 0 Å². The quantitative estimate of drug-likeness (QED) is 0.394. The summed E-state index contributed by atoms with van der Waals surface area (Å²) in [4.78, 5) is 14.6. The molecule has 1 aromatic heterocycles. The number of nitrogens with zero attached hydrogens (tertiary/aromatic N) is 2. The number of thiocarbonyl (C=S) groups is 1. The molecule has 0 spiro atoms. The molecule has 0 aliphatic heterocycles. The number of nitrogens with two attached hydrogens (primary N) is 1. The van der Waals surface area contributed by atoms with Crippen molar-refractivity contribution in [2.24, 2.45) is 5.73 Å². The summed E-state index contributed by atoms with van der Waals surface area (Å²) in [5, 5.41) is 11.5. The molecule has 2 aromatic rings. The standard InChI is InChI=1S/C13H10FN3O2S2/c14-10-2-1-3-11(17(18)19)9(10)7-21-12-6-8(13(15)20)4-5-16-12/h1-6H,7H2,(H2,15,20). The molecule has 2 N–H and O–H groups in total. The van der Waals surface area contributed by atoms with E-state index in [1.807, 2.05) is 0 Å². The van der Waals surface area contributed by atoms with Crippen molar-refractivity contribution < 1.29 is 9.31 Å². The number of rotatable bonds is 5. The summed E-state index contributed by atoms with van der Waals surface area (Å²) >= 11 is 6.05. The van der Waals surface area contributed by atoms with Crippen LogP contribution in [0.4, 0.5) is 10.1 Å². The fraction of sp³-hybridized carbons (Fsp3) is 0.0769. The topological polar surface area (TPSA) is 82.0 Å². The van der Waals surface area contributed by atoms with Gasteiger partial charge >= 0.3 is 0 Å². The molecule has 0 unspecified atom stereocenters. The lowest BCUT2D eigenvalue weighted by molar-refractivity contribution is -0.385. The molecule has 0 saturated heterocycles. The van der Waals surface area contributed by atoms with Crippen LogP contribution in [0.2, 0.25) is 0 Å². The first-order valence-corrected chi connectivity index (χ1v) is 7.19. The lowest BCUT2D eigenvalue weighted by Crippen LogP contribution is -2.09. The average molecular weight is 323 g/mol. The van der Waals surface area contributed by atoms with Crippen molar-refractivity contribution in [1.29, 1.82) is 0 Å². The van der Waals surface area contributed by atoms with E-state index < -0.39 is 10.7 Å². The summed E-state index contributed by atoms with van der Waals surface area (Å²) in [7, 11) is 0. The molecule has 2 rings (SSSR count). The average Bonchev–Trinajstić information content (AvgIpc) is 2.46. The van der Waals surface area contributed by atoms with Gasteiger partial charge in [0.1, 0.15) is 10.8 Å². The first-order valence-electron chi connectivity index (χ1n) is 5.79. The van der Waals surface area contributed by atoms with Gasteiger partial charge in [-0.3, -0.25) is 10.1 Å². The number of thioether (sulfide) groups is 1. The van der Waals surface area contributed by atoms with Crippen LogP contribution in [0.1, 0.15) is 11.1 Å². The third-order valence-electron chi connectivity index (χ3n) is 2.67. The van der Waals surface area contributed by atoms with E-state index in [9.17, 15) is 14.5 Å². The van der Waals surface area contributed by atoms with Crippen molar-refractivity contribution in [3.8, 4) is 0 Å². The monoisotopic (exact) mass is 323 g/mol. The largest absolute Gasteiger partial charge is 0.389 e. The summed E-state index contributed by atoms with van der Waals surface area (Å²) < 4.78 is 13.7. The minimum absolute atomic E-state index is 0.0371. The molecule has 1 heterocycles. The third-order valence-corrected chi connectivity index (χ3v) is 3.86. The van der Waals surface area contributed by atoms with Crippen LogP contribution >= 0.6 is 24.0 Å². The Hall–Kier alpha value is -2.06. The highest BCUT2D eigenvalue weighted by Gasteiger charge is 2.18. The number of nitro benzene ring substituents is 1. The number of hydrogen-bond acceptors (Lipinski definition) is 5. The predicted octanol–water partition coefficient (Wildman–Crippen LogP) is 3.06. The second kappa shape index (κ2) is 6.59. The molecule has 0 fully saturated rings. The first-order chi connectivity index (χ1) is 9.99. The van der Waals surface area contributed by atoms with Gasteiger partial charge in [0.05, 0.1) is 15.5 Å². The van der Waals surface area contributed by atoms with Gasteiger partial charge in [-0.2, -0.15) is 0 Å². The maximum Gasteiger partial charge on any atom is 0.276 e. The first kappa shape index (κ1) is 15.3. The molecule has 0 radical (unpaired) electrons. The van der Waals surface area contributed by atoms with Crippen LogP contribution in [0.3, 0.4) is 0 Å². The molecule has 108 valence electrons. The Kier molecular flexibility index (Phi) is 4.81. The second-order valence-corrected chi connectivity index (χ2v) is 5.47. The zero-order valence-corrected chi connectivity index (χ0v) is 12.3. The van der Waals surface area contributed by atoms with Crippen LogP contribution in [-0.4, -0.2) is 14.9 Å². The fourth-order valence-electron chi connectivity index (χ4n) is 1.65. The Balaban J connectivity index is 2.22. The zero-order valence-electron chi connectivity index (χ0n) is 10.7. The van der Waals surface area contributed by atoms with Crippen molar-refractivity contribution in [1.82, 2.24) is 4.98 Å². The Morgan fingerprint density at radius 2 is 2.24 bits per heavy atom. The molecule has 8 heteroatoms. The summed E-state index contributed by atoms with van der Waals surface area (Å²) in [6.07, 6.45) is 1.53. The third kappa shape index (κ3) is 3.73. The number of benzene rings is 1. The Bertz CT molecular complexity index is 710. The molecule has 0 aliphatic carbocycles. The summed E-state index contributed by atoms with van der Waals surface area (Å²) in [6, 6.07) is 7.12. The van der Waals surface area contributed by atoms with Gasteiger partial charge in [0.15, 0.2) is 0 Å². The van der Waals surface area contributed by atoms with E-state index in [4.69, 9.17) is 18.0 Å². The predicted molar refractivity (Wildman–Crippen MR) is 82.7 cm³/mol. The van der Waals surface area contributed by atoms with E-state index in [2.05, 4.69) is 4.98 Å². The maximum atomic E-state index is 13.7. The van der Waals surface area contributed by atoms with E-state index in [0.29, 0.717) is 10.6 Å².